The summed E-state index contributed by atoms with van der Waals surface area (Å²) in [5.74, 6) is 0.147. The van der Waals surface area contributed by atoms with Gasteiger partial charge in [-0.15, -0.1) is 0 Å². The SMILES string of the molecule is CCCCCc1ccc(C(=O)N(Cc2ccc(N3CCOCC3)cc2)C2CCN(CCCCCO)CC2)cc1. The highest BCUT2D eigenvalue weighted by molar-refractivity contribution is 5.94. The number of carbonyl (C=O) groups is 1. The maximum Gasteiger partial charge on any atom is 0.254 e. The van der Waals surface area contributed by atoms with Crippen LogP contribution in [0.1, 0.15) is 79.8 Å². The molecule has 214 valence electrons. The fraction of sp³-hybridized carbons (Fsp3) is 0.606. The highest BCUT2D eigenvalue weighted by Gasteiger charge is 2.29. The van der Waals surface area contributed by atoms with E-state index in [0.29, 0.717) is 6.54 Å². The molecule has 4 rings (SSSR count). The number of morpholine rings is 1. The molecule has 2 aliphatic heterocycles. The van der Waals surface area contributed by atoms with Crippen molar-refractivity contribution in [3.8, 4) is 0 Å². The molecule has 6 nitrogen and oxygen atoms in total. The fourth-order valence-electron chi connectivity index (χ4n) is 5.83. The third-order valence-electron chi connectivity index (χ3n) is 8.33. The van der Waals surface area contributed by atoms with Crippen LogP contribution in [0.3, 0.4) is 0 Å². The fourth-order valence-corrected chi connectivity index (χ4v) is 5.83. The molecule has 0 aliphatic carbocycles. The smallest absolute Gasteiger partial charge is 0.254 e. The molecule has 39 heavy (non-hydrogen) atoms. The van der Waals surface area contributed by atoms with E-state index < -0.39 is 0 Å². The van der Waals surface area contributed by atoms with Gasteiger partial charge in [-0.3, -0.25) is 4.79 Å². The summed E-state index contributed by atoms with van der Waals surface area (Å²) >= 11 is 0. The number of carbonyl (C=O) groups excluding carboxylic acids is 1. The van der Waals surface area contributed by atoms with E-state index in [1.165, 1.54) is 36.1 Å². The highest BCUT2D eigenvalue weighted by Crippen LogP contribution is 2.24. The third-order valence-corrected chi connectivity index (χ3v) is 8.33. The van der Waals surface area contributed by atoms with Crippen LogP contribution in [0.5, 0.6) is 0 Å². The predicted octanol–water partition coefficient (Wildman–Crippen LogP) is 5.53. The molecule has 1 amide bonds. The Morgan fingerprint density at radius 1 is 0.872 bits per heavy atom. The summed E-state index contributed by atoms with van der Waals surface area (Å²) in [5, 5.41) is 9.05. The molecule has 0 spiro atoms. The number of amides is 1. The minimum absolute atomic E-state index is 0.147. The van der Waals surface area contributed by atoms with Gasteiger partial charge in [-0.25, -0.2) is 0 Å². The van der Waals surface area contributed by atoms with Crippen molar-refractivity contribution in [1.29, 1.82) is 0 Å². The first kappa shape index (κ1) is 29.6. The average Bonchev–Trinajstić information content (AvgIpc) is 2.99. The predicted molar refractivity (Wildman–Crippen MR) is 159 cm³/mol. The van der Waals surface area contributed by atoms with Crippen LogP contribution in [0.2, 0.25) is 0 Å². The Kier molecular flexibility index (Phi) is 12.1. The lowest BCUT2D eigenvalue weighted by Crippen LogP contribution is -2.47. The molecule has 6 heteroatoms. The van der Waals surface area contributed by atoms with E-state index in [9.17, 15) is 4.79 Å². The summed E-state index contributed by atoms with van der Waals surface area (Å²) in [6, 6.07) is 17.4. The van der Waals surface area contributed by atoms with E-state index in [4.69, 9.17) is 9.84 Å². The van der Waals surface area contributed by atoms with Crippen molar-refractivity contribution < 1.29 is 14.6 Å². The molecule has 0 bridgehead atoms. The van der Waals surface area contributed by atoms with E-state index in [1.54, 1.807) is 0 Å². The zero-order valence-electron chi connectivity index (χ0n) is 24.0. The topological polar surface area (TPSA) is 56.2 Å². The molecule has 2 heterocycles. The van der Waals surface area contributed by atoms with Crippen LogP contribution in [-0.2, 0) is 17.7 Å². The number of aliphatic hydroxyl groups excluding tert-OH is 1. The van der Waals surface area contributed by atoms with Crippen molar-refractivity contribution in [2.75, 3.05) is 57.4 Å². The number of unbranched alkanes of at least 4 members (excludes halogenated alkanes) is 4. The van der Waals surface area contributed by atoms with Gasteiger partial charge in [-0.1, -0.05) is 44.0 Å². The first-order valence-electron chi connectivity index (χ1n) is 15.3. The van der Waals surface area contributed by atoms with Gasteiger partial charge in [0.15, 0.2) is 0 Å². The molecule has 2 saturated heterocycles. The minimum Gasteiger partial charge on any atom is -0.396 e. The van der Waals surface area contributed by atoms with E-state index in [2.05, 4.69) is 58.0 Å². The molecule has 2 aromatic rings. The van der Waals surface area contributed by atoms with Crippen LogP contribution in [-0.4, -0.2) is 79.4 Å². The Bertz CT molecular complexity index is 965. The van der Waals surface area contributed by atoms with E-state index in [1.807, 2.05) is 12.1 Å². The largest absolute Gasteiger partial charge is 0.396 e. The standard InChI is InChI=1S/C33H49N3O3/c1-2-3-5-8-28-9-13-30(14-10-28)33(38)36(32-17-20-34(21-18-32)19-6-4-7-24-37)27-29-11-15-31(16-12-29)35-22-25-39-26-23-35/h9-16,32,37H,2-8,17-27H2,1H3. The maximum absolute atomic E-state index is 13.9. The summed E-state index contributed by atoms with van der Waals surface area (Å²) in [4.78, 5) is 21.0. The van der Waals surface area contributed by atoms with Crippen LogP contribution in [0.4, 0.5) is 5.69 Å². The Morgan fingerprint density at radius 2 is 1.56 bits per heavy atom. The van der Waals surface area contributed by atoms with Crippen molar-refractivity contribution in [2.45, 2.75) is 77.3 Å². The number of nitrogens with zero attached hydrogens (tertiary/aromatic N) is 3. The van der Waals surface area contributed by atoms with Gasteiger partial charge < -0.3 is 24.5 Å². The van der Waals surface area contributed by atoms with Crippen molar-refractivity contribution in [3.05, 3.63) is 65.2 Å². The van der Waals surface area contributed by atoms with Gasteiger partial charge in [0.1, 0.15) is 0 Å². The lowest BCUT2D eigenvalue weighted by molar-refractivity contribution is 0.0548. The molecular formula is C33H49N3O3. The number of aliphatic hydroxyl groups is 1. The zero-order valence-corrected chi connectivity index (χ0v) is 24.0. The van der Waals surface area contributed by atoms with E-state index in [0.717, 1.165) is 90.0 Å². The number of likely N-dealkylation sites (tertiary alicyclic amines) is 1. The van der Waals surface area contributed by atoms with Crippen molar-refractivity contribution in [2.24, 2.45) is 0 Å². The number of ether oxygens (including phenoxy) is 1. The molecule has 2 fully saturated rings. The molecule has 1 N–H and O–H groups in total. The molecule has 2 aromatic carbocycles. The molecule has 2 aliphatic rings. The zero-order chi connectivity index (χ0) is 27.3. The van der Waals surface area contributed by atoms with Crippen LogP contribution in [0.25, 0.3) is 0 Å². The second kappa shape index (κ2) is 16.0. The molecule has 0 aromatic heterocycles. The van der Waals surface area contributed by atoms with Crippen molar-refractivity contribution in [3.63, 3.8) is 0 Å². The lowest BCUT2D eigenvalue weighted by Gasteiger charge is -2.39. The van der Waals surface area contributed by atoms with Gasteiger partial charge in [-0.2, -0.15) is 0 Å². The number of benzene rings is 2. The van der Waals surface area contributed by atoms with Crippen LogP contribution < -0.4 is 4.90 Å². The minimum atomic E-state index is 0.147. The summed E-state index contributed by atoms with van der Waals surface area (Å²) in [6.07, 6.45) is 9.87. The van der Waals surface area contributed by atoms with Gasteiger partial charge in [-0.05, 0) is 86.9 Å². The van der Waals surface area contributed by atoms with Crippen LogP contribution in [0.15, 0.2) is 48.5 Å². The monoisotopic (exact) mass is 535 g/mol. The first-order valence-corrected chi connectivity index (χ1v) is 15.3. The summed E-state index contributed by atoms with van der Waals surface area (Å²) < 4.78 is 5.51. The first-order chi connectivity index (χ1) is 19.2. The van der Waals surface area contributed by atoms with E-state index in [-0.39, 0.29) is 18.6 Å². The third kappa shape index (κ3) is 9.06. The van der Waals surface area contributed by atoms with Gasteiger partial charge in [0.2, 0.25) is 0 Å². The summed E-state index contributed by atoms with van der Waals surface area (Å²) in [6.45, 7) is 9.71. The second-order valence-corrected chi connectivity index (χ2v) is 11.2. The Morgan fingerprint density at radius 3 is 2.23 bits per heavy atom. The second-order valence-electron chi connectivity index (χ2n) is 11.2. The number of anilines is 1. The maximum atomic E-state index is 13.9. The summed E-state index contributed by atoms with van der Waals surface area (Å²) in [7, 11) is 0. The lowest BCUT2D eigenvalue weighted by atomic mass is 9.99. The Balaban J connectivity index is 1.42. The molecule has 0 unspecified atom stereocenters. The van der Waals surface area contributed by atoms with Gasteiger partial charge >= 0.3 is 0 Å². The average molecular weight is 536 g/mol. The Hall–Kier alpha value is -2.41. The number of piperidine rings is 1. The molecule has 0 radical (unpaired) electrons. The van der Waals surface area contributed by atoms with Gasteiger partial charge in [0.25, 0.3) is 5.91 Å². The van der Waals surface area contributed by atoms with Gasteiger partial charge in [0, 0.05) is 56.6 Å². The van der Waals surface area contributed by atoms with Crippen LogP contribution >= 0.6 is 0 Å². The highest BCUT2D eigenvalue weighted by atomic mass is 16.5. The molecule has 0 saturated carbocycles. The summed E-state index contributed by atoms with van der Waals surface area (Å²) in [5.41, 5.74) is 4.53. The quantitative estimate of drug-likeness (QED) is 0.323. The molecule has 0 atom stereocenters. The number of rotatable bonds is 14. The number of aryl methyl sites for hydroxylation is 1. The van der Waals surface area contributed by atoms with E-state index >= 15 is 0 Å². The Labute approximate surface area is 235 Å². The van der Waals surface area contributed by atoms with Crippen molar-refractivity contribution >= 4 is 11.6 Å². The van der Waals surface area contributed by atoms with Crippen LogP contribution in [0, 0.1) is 0 Å². The van der Waals surface area contributed by atoms with Crippen molar-refractivity contribution in [1.82, 2.24) is 9.80 Å². The number of hydrogen-bond acceptors (Lipinski definition) is 5. The molecular weight excluding hydrogens is 486 g/mol. The normalized spacial score (nSPS) is 16.9. The van der Waals surface area contributed by atoms with Gasteiger partial charge in [0.05, 0.1) is 13.2 Å². The number of hydrogen-bond donors (Lipinski definition) is 1.